The molecular formula is C18H36O5Si. The highest BCUT2D eigenvalue weighted by atomic mass is 28.4. The Hall–Kier alpha value is -0.433. The number of hydrogen-bond acceptors (Lipinski definition) is 5. The fourth-order valence-electron chi connectivity index (χ4n) is 2.61. The first-order chi connectivity index (χ1) is 10.7. The maximum atomic E-state index is 11.2. The van der Waals surface area contributed by atoms with Crippen LogP contribution < -0.4 is 0 Å². The summed E-state index contributed by atoms with van der Waals surface area (Å²) in [5.41, 5.74) is 0. The van der Waals surface area contributed by atoms with Crippen molar-refractivity contribution in [3.8, 4) is 0 Å². The number of ether oxygens (including phenoxy) is 3. The van der Waals surface area contributed by atoms with Crippen LogP contribution in [-0.2, 0) is 23.4 Å². The minimum Gasteiger partial charge on any atom is -0.460 e. The maximum absolute atomic E-state index is 11.2. The molecule has 3 atom stereocenters. The molecule has 0 unspecified atom stereocenters. The zero-order valence-electron chi connectivity index (χ0n) is 16.9. The van der Waals surface area contributed by atoms with E-state index < -0.39 is 14.1 Å². The van der Waals surface area contributed by atoms with Crippen LogP contribution in [0.3, 0.4) is 0 Å². The van der Waals surface area contributed by atoms with E-state index in [2.05, 4.69) is 33.9 Å². The zero-order valence-corrected chi connectivity index (χ0v) is 17.9. The summed E-state index contributed by atoms with van der Waals surface area (Å²) in [7, 11) is -1.74. The molecule has 142 valence electrons. The molecule has 1 fully saturated rings. The van der Waals surface area contributed by atoms with Crippen LogP contribution in [0.5, 0.6) is 0 Å². The van der Waals surface area contributed by atoms with Crippen molar-refractivity contribution < 1.29 is 23.4 Å². The standard InChI is InChI=1S/C18H36O5Si/c1-13(21-14(2)19)16-12-15(22-18(6,7)23-16)10-11-20-24(8,9)17(3,4)5/h13,15-16H,10-12H2,1-9H3/t13-,15+,16-/m1/s1. The van der Waals surface area contributed by atoms with E-state index in [-0.39, 0.29) is 29.3 Å². The van der Waals surface area contributed by atoms with E-state index in [1.165, 1.54) is 6.92 Å². The molecule has 1 saturated heterocycles. The topological polar surface area (TPSA) is 54.0 Å². The average Bonchev–Trinajstić information content (AvgIpc) is 2.34. The fourth-order valence-corrected chi connectivity index (χ4v) is 3.67. The summed E-state index contributed by atoms with van der Waals surface area (Å²) >= 11 is 0. The third-order valence-corrected chi connectivity index (χ3v) is 9.50. The van der Waals surface area contributed by atoms with Crippen molar-refractivity contribution >= 4 is 14.3 Å². The van der Waals surface area contributed by atoms with Crippen LogP contribution in [0.15, 0.2) is 0 Å². The van der Waals surface area contributed by atoms with Crippen molar-refractivity contribution in [2.24, 2.45) is 0 Å². The smallest absolute Gasteiger partial charge is 0.302 e. The molecule has 1 aliphatic heterocycles. The van der Waals surface area contributed by atoms with Crippen LogP contribution in [0.4, 0.5) is 0 Å². The van der Waals surface area contributed by atoms with E-state index in [9.17, 15) is 4.79 Å². The molecule has 1 rings (SSSR count). The molecule has 0 amide bonds. The lowest BCUT2D eigenvalue weighted by atomic mass is 10.0. The van der Waals surface area contributed by atoms with Gasteiger partial charge in [-0.2, -0.15) is 0 Å². The second-order valence-corrected chi connectivity index (χ2v) is 13.6. The van der Waals surface area contributed by atoms with E-state index in [0.717, 1.165) is 6.42 Å². The van der Waals surface area contributed by atoms with Crippen molar-refractivity contribution in [1.82, 2.24) is 0 Å². The number of rotatable bonds is 6. The predicted octanol–water partition coefficient (Wildman–Crippen LogP) is 4.26. The molecule has 0 aromatic rings. The normalized spacial score (nSPS) is 26.0. The van der Waals surface area contributed by atoms with E-state index in [1.807, 2.05) is 20.8 Å². The second kappa shape index (κ2) is 7.85. The summed E-state index contributed by atoms with van der Waals surface area (Å²) < 4.78 is 23.5. The van der Waals surface area contributed by atoms with E-state index in [4.69, 9.17) is 18.6 Å². The quantitative estimate of drug-likeness (QED) is 0.523. The molecule has 0 radical (unpaired) electrons. The molecule has 0 aromatic carbocycles. The largest absolute Gasteiger partial charge is 0.460 e. The number of hydrogen-bond donors (Lipinski definition) is 0. The summed E-state index contributed by atoms with van der Waals surface area (Å²) in [5, 5.41) is 0.204. The van der Waals surface area contributed by atoms with Gasteiger partial charge in [-0.3, -0.25) is 4.79 Å². The lowest BCUT2D eigenvalue weighted by molar-refractivity contribution is -0.313. The average molecular weight is 361 g/mol. The Morgan fingerprint density at radius 1 is 1.29 bits per heavy atom. The van der Waals surface area contributed by atoms with E-state index in [1.54, 1.807) is 0 Å². The summed E-state index contributed by atoms with van der Waals surface area (Å²) in [4.78, 5) is 11.2. The minimum atomic E-state index is -1.74. The van der Waals surface area contributed by atoms with Crippen molar-refractivity contribution in [1.29, 1.82) is 0 Å². The van der Waals surface area contributed by atoms with Gasteiger partial charge in [-0.1, -0.05) is 20.8 Å². The first-order valence-electron chi connectivity index (χ1n) is 8.90. The molecule has 6 heteroatoms. The fraction of sp³-hybridized carbons (Fsp3) is 0.944. The van der Waals surface area contributed by atoms with Gasteiger partial charge in [0.1, 0.15) is 12.2 Å². The Labute approximate surface area is 148 Å². The number of carbonyl (C=O) groups is 1. The Balaban J connectivity index is 2.60. The van der Waals surface area contributed by atoms with E-state index >= 15 is 0 Å². The summed E-state index contributed by atoms with van der Waals surface area (Å²) in [5.74, 6) is -0.966. The van der Waals surface area contributed by atoms with Crippen LogP contribution in [-0.4, -0.2) is 45.0 Å². The Morgan fingerprint density at radius 2 is 1.88 bits per heavy atom. The lowest BCUT2D eigenvalue weighted by Crippen LogP contribution is -2.49. The maximum Gasteiger partial charge on any atom is 0.302 e. The molecule has 0 aliphatic carbocycles. The molecule has 1 heterocycles. The molecule has 24 heavy (non-hydrogen) atoms. The van der Waals surface area contributed by atoms with Crippen LogP contribution in [0.1, 0.15) is 61.3 Å². The molecule has 0 aromatic heterocycles. The van der Waals surface area contributed by atoms with Gasteiger partial charge in [-0.25, -0.2) is 0 Å². The number of esters is 1. The van der Waals surface area contributed by atoms with Gasteiger partial charge in [0.15, 0.2) is 14.1 Å². The van der Waals surface area contributed by atoms with Gasteiger partial charge in [-0.05, 0) is 45.3 Å². The van der Waals surface area contributed by atoms with Crippen molar-refractivity contribution in [2.75, 3.05) is 6.61 Å². The van der Waals surface area contributed by atoms with Gasteiger partial charge < -0.3 is 18.6 Å². The first kappa shape index (κ1) is 21.6. The molecule has 0 bridgehead atoms. The molecular weight excluding hydrogens is 324 g/mol. The van der Waals surface area contributed by atoms with Crippen LogP contribution in [0.2, 0.25) is 18.1 Å². The third-order valence-electron chi connectivity index (χ3n) is 4.97. The Morgan fingerprint density at radius 3 is 2.38 bits per heavy atom. The third kappa shape index (κ3) is 6.46. The van der Waals surface area contributed by atoms with Gasteiger partial charge in [-0.15, -0.1) is 0 Å². The summed E-state index contributed by atoms with van der Waals surface area (Å²) in [6, 6.07) is 0. The Kier molecular flexibility index (Phi) is 7.07. The summed E-state index contributed by atoms with van der Waals surface area (Å²) in [6.45, 7) is 19.0. The summed E-state index contributed by atoms with van der Waals surface area (Å²) in [6.07, 6.45) is 1.13. The number of carbonyl (C=O) groups excluding carboxylic acids is 1. The lowest BCUT2D eigenvalue weighted by Gasteiger charge is -2.43. The molecule has 0 N–H and O–H groups in total. The van der Waals surface area contributed by atoms with Crippen LogP contribution in [0.25, 0.3) is 0 Å². The highest BCUT2D eigenvalue weighted by Crippen LogP contribution is 2.37. The van der Waals surface area contributed by atoms with Crippen LogP contribution in [0, 0.1) is 0 Å². The highest BCUT2D eigenvalue weighted by molar-refractivity contribution is 6.74. The van der Waals surface area contributed by atoms with Crippen molar-refractivity contribution in [3.63, 3.8) is 0 Å². The van der Waals surface area contributed by atoms with Gasteiger partial charge in [0, 0.05) is 20.0 Å². The van der Waals surface area contributed by atoms with Crippen molar-refractivity contribution in [2.45, 2.75) is 104 Å². The van der Waals surface area contributed by atoms with Gasteiger partial charge in [0.2, 0.25) is 0 Å². The van der Waals surface area contributed by atoms with Gasteiger partial charge in [0.25, 0.3) is 0 Å². The van der Waals surface area contributed by atoms with Crippen molar-refractivity contribution in [3.05, 3.63) is 0 Å². The molecule has 0 spiro atoms. The molecule has 1 aliphatic rings. The predicted molar refractivity (Wildman–Crippen MR) is 97.4 cm³/mol. The van der Waals surface area contributed by atoms with Gasteiger partial charge >= 0.3 is 5.97 Å². The Bertz CT molecular complexity index is 428. The van der Waals surface area contributed by atoms with E-state index in [0.29, 0.717) is 13.0 Å². The zero-order chi connectivity index (χ0) is 18.8. The first-order valence-corrected chi connectivity index (χ1v) is 11.8. The second-order valence-electron chi connectivity index (χ2n) is 8.74. The SMILES string of the molecule is CC(=O)O[C@H](C)[C@H]1C[C@H](CCO[Si](C)(C)C(C)(C)C)OC(C)(C)O1. The molecule has 5 nitrogen and oxygen atoms in total. The van der Waals surface area contributed by atoms with Crippen LogP contribution >= 0.6 is 0 Å². The van der Waals surface area contributed by atoms with Gasteiger partial charge in [0.05, 0.1) is 6.10 Å². The highest BCUT2D eigenvalue weighted by Gasteiger charge is 2.40. The monoisotopic (exact) mass is 360 g/mol. The minimum absolute atomic E-state index is 0.0431. The molecule has 0 saturated carbocycles.